The molecule has 7 heteroatoms. The van der Waals surface area contributed by atoms with E-state index in [0.717, 1.165) is 58.3 Å². The van der Waals surface area contributed by atoms with Crippen molar-refractivity contribution in [2.24, 2.45) is 4.99 Å². The lowest BCUT2D eigenvalue weighted by Crippen LogP contribution is -2.53. The maximum Gasteiger partial charge on any atom is 0.219 e. The highest BCUT2D eigenvalue weighted by Crippen LogP contribution is 2.02. The Morgan fingerprint density at radius 3 is 2.35 bits per heavy atom. The Morgan fingerprint density at radius 2 is 1.85 bits per heavy atom. The molecule has 0 atom stereocenters. The van der Waals surface area contributed by atoms with E-state index in [1.165, 1.54) is 0 Å². The largest absolute Gasteiger partial charge is 0.385 e. The van der Waals surface area contributed by atoms with Crippen LogP contribution in [0.25, 0.3) is 0 Å². The minimum atomic E-state index is 0. The average Bonchev–Trinajstić information content (AvgIpc) is 2.42. The van der Waals surface area contributed by atoms with E-state index in [-0.39, 0.29) is 29.9 Å². The summed E-state index contributed by atoms with van der Waals surface area (Å²) in [6.07, 6.45) is 0.929. The van der Waals surface area contributed by atoms with Gasteiger partial charge in [-0.15, -0.1) is 24.0 Å². The van der Waals surface area contributed by atoms with Crippen LogP contribution < -0.4 is 5.32 Å². The molecule has 0 spiro atoms. The van der Waals surface area contributed by atoms with E-state index in [0.29, 0.717) is 0 Å². The number of guanidine groups is 1. The molecule has 6 nitrogen and oxygen atoms in total. The van der Waals surface area contributed by atoms with Gasteiger partial charge in [-0.1, -0.05) is 0 Å². The van der Waals surface area contributed by atoms with Crippen LogP contribution >= 0.6 is 24.0 Å². The van der Waals surface area contributed by atoms with Gasteiger partial charge in [0.1, 0.15) is 0 Å². The number of nitrogens with zero attached hydrogens (tertiary/aromatic N) is 3. The number of rotatable bonds is 5. The smallest absolute Gasteiger partial charge is 0.219 e. The minimum Gasteiger partial charge on any atom is -0.385 e. The second kappa shape index (κ2) is 11.1. The SMILES string of the molecule is CCNC(=NCCCOC)N1CCN(C(C)=O)CC1.I. The van der Waals surface area contributed by atoms with Crippen molar-refractivity contribution in [3.8, 4) is 0 Å². The first-order valence-electron chi connectivity index (χ1n) is 6.96. The molecule has 20 heavy (non-hydrogen) atoms. The highest BCUT2D eigenvalue weighted by atomic mass is 127. The number of halogens is 1. The number of piperazine rings is 1. The summed E-state index contributed by atoms with van der Waals surface area (Å²) in [5, 5.41) is 3.30. The molecule has 0 aromatic rings. The van der Waals surface area contributed by atoms with Crippen LogP contribution in [0, 0.1) is 0 Å². The van der Waals surface area contributed by atoms with Crippen molar-refractivity contribution < 1.29 is 9.53 Å². The minimum absolute atomic E-state index is 0. The maximum atomic E-state index is 11.3. The zero-order valence-electron chi connectivity index (χ0n) is 12.7. The number of methoxy groups -OCH3 is 1. The number of hydrogen-bond donors (Lipinski definition) is 1. The van der Waals surface area contributed by atoms with Gasteiger partial charge < -0.3 is 19.9 Å². The van der Waals surface area contributed by atoms with Crippen LogP contribution in [0.15, 0.2) is 4.99 Å². The van der Waals surface area contributed by atoms with E-state index in [2.05, 4.69) is 22.1 Å². The van der Waals surface area contributed by atoms with Gasteiger partial charge in [-0.2, -0.15) is 0 Å². The van der Waals surface area contributed by atoms with E-state index in [1.54, 1.807) is 14.0 Å². The number of carbonyl (C=O) groups excluding carboxylic acids is 1. The Hall–Kier alpha value is -0.570. The molecule has 1 N–H and O–H groups in total. The monoisotopic (exact) mass is 398 g/mol. The summed E-state index contributed by atoms with van der Waals surface area (Å²) in [5.74, 6) is 1.10. The second-order valence-corrected chi connectivity index (χ2v) is 4.58. The van der Waals surface area contributed by atoms with Crippen molar-refractivity contribution in [1.82, 2.24) is 15.1 Å². The third-order valence-electron chi connectivity index (χ3n) is 3.13. The summed E-state index contributed by atoms with van der Waals surface area (Å²) in [6.45, 7) is 9.29. The molecule has 118 valence electrons. The number of aliphatic imine (C=N–C) groups is 1. The normalized spacial score (nSPS) is 15.8. The summed E-state index contributed by atoms with van der Waals surface area (Å²) in [5.41, 5.74) is 0. The Morgan fingerprint density at radius 1 is 1.25 bits per heavy atom. The molecule has 0 aliphatic carbocycles. The van der Waals surface area contributed by atoms with Crippen molar-refractivity contribution in [3.63, 3.8) is 0 Å². The first-order chi connectivity index (χ1) is 9.19. The first kappa shape index (κ1) is 19.4. The van der Waals surface area contributed by atoms with E-state index in [9.17, 15) is 4.79 Å². The molecule has 1 heterocycles. The Bertz CT molecular complexity index is 305. The molecular formula is C13H27IN4O2. The van der Waals surface area contributed by atoms with Crippen LogP contribution in [-0.4, -0.2) is 74.7 Å². The number of amides is 1. The predicted molar refractivity (Wildman–Crippen MR) is 91.7 cm³/mol. The number of carbonyl (C=O) groups is 1. The molecule has 1 rings (SSSR count). The third-order valence-corrected chi connectivity index (χ3v) is 3.13. The number of nitrogens with one attached hydrogen (secondary N) is 1. The summed E-state index contributed by atoms with van der Waals surface area (Å²) in [6, 6.07) is 0. The predicted octanol–water partition coefficient (Wildman–Crippen LogP) is 0.770. The van der Waals surface area contributed by atoms with Gasteiger partial charge in [-0.25, -0.2) is 0 Å². The van der Waals surface area contributed by atoms with Crippen LogP contribution in [0.2, 0.25) is 0 Å². The molecular weight excluding hydrogens is 371 g/mol. The second-order valence-electron chi connectivity index (χ2n) is 4.58. The fourth-order valence-electron chi connectivity index (χ4n) is 2.05. The molecule has 0 saturated carbocycles. The molecule has 0 radical (unpaired) electrons. The van der Waals surface area contributed by atoms with Crippen molar-refractivity contribution in [1.29, 1.82) is 0 Å². The fourth-order valence-corrected chi connectivity index (χ4v) is 2.05. The van der Waals surface area contributed by atoms with Gasteiger partial charge in [0.2, 0.25) is 5.91 Å². The van der Waals surface area contributed by atoms with E-state index >= 15 is 0 Å². The first-order valence-corrected chi connectivity index (χ1v) is 6.96. The standard InChI is InChI=1S/C13H26N4O2.HI/c1-4-14-13(15-6-5-11-19-3)17-9-7-16(8-10-17)12(2)18;/h4-11H2,1-3H3,(H,14,15);1H. The molecule has 0 unspecified atom stereocenters. The lowest BCUT2D eigenvalue weighted by molar-refractivity contribution is -0.130. The van der Waals surface area contributed by atoms with Crippen molar-refractivity contribution >= 4 is 35.8 Å². The Labute approximate surface area is 138 Å². The topological polar surface area (TPSA) is 57.2 Å². The van der Waals surface area contributed by atoms with Crippen molar-refractivity contribution in [2.75, 3.05) is 53.0 Å². The van der Waals surface area contributed by atoms with Gasteiger partial charge in [0.15, 0.2) is 5.96 Å². The van der Waals surface area contributed by atoms with Crippen LogP contribution in [-0.2, 0) is 9.53 Å². The van der Waals surface area contributed by atoms with Crippen molar-refractivity contribution in [3.05, 3.63) is 0 Å². The maximum absolute atomic E-state index is 11.3. The molecule has 0 aromatic heterocycles. The van der Waals surface area contributed by atoms with E-state index in [1.807, 2.05) is 4.90 Å². The quantitative estimate of drug-likeness (QED) is 0.322. The van der Waals surface area contributed by atoms with Gasteiger partial charge >= 0.3 is 0 Å². The summed E-state index contributed by atoms with van der Waals surface area (Å²) in [4.78, 5) is 20.0. The molecule has 1 fully saturated rings. The molecule has 0 aromatic carbocycles. The highest BCUT2D eigenvalue weighted by Gasteiger charge is 2.20. The van der Waals surface area contributed by atoms with Crippen LogP contribution in [0.3, 0.4) is 0 Å². The molecule has 1 amide bonds. The zero-order valence-corrected chi connectivity index (χ0v) is 15.1. The van der Waals surface area contributed by atoms with Gasteiger partial charge in [-0.05, 0) is 13.3 Å². The lowest BCUT2D eigenvalue weighted by atomic mass is 10.3. The molecule has 1 saturated heterocycles. The van der Waals surface area contributed by atoms with Gasteiger partial charge in [0, 0.05) is 59.9 Å². The zero-order chi connectivity index (χ0) is 14.1. The molecule has 1 aliphatic rings. The van der Waals surface area contributed by atoms with Gasteiger partial charge in [0.05, 0.1) is 0 Å². The average molecular weight is 398 g/mol. The summed E-state index contributed by atoms with van der Waals surface area (Å²) in [7, 11) is 1.70. The lowest BCUT2D eigenvalue weighted by Gasteiger charge is -2.36. The fraction of sp³-hybridized carbons (Fsp3) is 0.846. The van der Waals surface area contributed by atoms with Crippen molar-refractivity contribution in [2.45, 2.75) is 20.3 Å². The van der Waals surface area contributed by atoms with E-state index in [4.69, 9.17) is 4.74 Å². The van der Waals surface area contributed by atoms with Crippen LogP contribution in [0.5, 0.6) is 0 Å². The number of ether oxygens (including phenoxy) is 1. The van der Waals surface area contributed by atoms with E-state index < -0.39 is 0 Å². The highest BCUT2D eigenvalue weighted by molar-refractivity contribution is 14.0. The third kappa shape index (κ3) is 6.74. The Balaban J connectivity index is 0.00000361. The molecule has 1 aliphatic heterocycles. The summed E-state index contributed by atoms with van der Waals surface area (Å²) < 4.78 is 5.02. The van der Waals surface area contributed by atoms with Gasteiger partial charge in [-0.3, -0.25) is 9.79 Å². The molecule has 0 bridgehead atoms. The number of hydrogen-bond acceptors (Lipinski definition) is 3. The van der Waals surface area contributed by atoms with Gasteiger partial charge in [0.25, 0.3) is 0 Å². The van der Waals surface area contributed by atoms with Crippen LogP contribution in [0.1, 0.15) is 20.3 Å². The Kier molecular flexibility index (Phi) is 10.8. The summed E-state index contributed by atoms with van der Waals surface area (Å²) >= 11 is 0. The van der Waals surface area contributed by atoms with Crippen LogP contribution in [0.4, 0.5) is 0 Å².